The van der Waals surface area contributed by atoms with Crippen LogP contribution in [0.5, 0.6) is 0 Å². The summed E-state index contributed by atoms with van der Waals surface area (Å²) in [6, 6.07) is 8.67. The van der Waals surface area contributed by atoms with Gasteiger partial charge in [-0.2, -0.15) is 0 Å². The zero-order valence-corrected chi connectivity index (χ0v) is 12.5. The third kappa shape index (κ3) is 1.98. The molecule has 3 heteroatoms. The summed E-state index contributed by atoms with van der Waals surface area (Å²) in [4.78, 5) is 14.3. The molecule has 0 spiro atoms. The summed E-state index contributed by atoms with van der Waals surface area (Å²) in [5.74, 6) is 0. The number of benzene rings is 1. The first-order valence-corrected chi connectivity index (χ1v) is 6.95. The fourth-order valence-electron chi connectivity index (χ4n) is 3.00. The van der Waals surface area contributed by atoms with Crippen LogP contribution in [0.3, 0.4) is 0 Å². The van der Waals surface area contributed by atoms with Crippen molar-refractivity contribution in [1.82, 2.24) is 9.47 Å². The van der Waals surface area contributed by atoms with Crippen LogP contribution in [0.1, 0.15) is 22.4 Å². The SMILES string of the molecule is Cc1cc(-c2ccc3c(c2)CN(C)C3)c(C)n(C)c1=O. The molecule has 3 rings (SSSR count). The average Bonchev–Trinajstić information content (AvgIpc) is 2.79. The maximum absolute atomic E-state index is 12.0. The molecule has 1 aliphatic heterocycles. The number of aromatic nitrogens is 1. The summed E-state index contributed by atoms with van der Waals surface area (Å²) < 4.78 is 1.74. The van der Waals surface area contributed by atoms with Gasteiger partial charge in [-0.1, -0.05) is 12.1 Å². The summed E-state index contributed by atoms with van der Waals surface area (Å²) in [6.07, 6.45) is 0. The van der Waals surface area contributed by atoms with Gasteiger partial charge in [0.1, 0.15) is 0 Å². The molecule has 0 amide bonds. The molecular formula is C17H20N2O. The van der Waals surface area contributed by atoms with E-state index < -0.39 is 0 Å². The number of nitrogens with zero attached hydrogens (tertiary/aromatic N) is 2. The molecule has 0 saturated heterocycles. The fraction of sp³-hybridized carbons (Fsp3) is 0.353. The third-order valence-corrected chi connectivity index (χ3v) is 4.29. The van der Waals surface area contributed by atoms with E-state index in [2.05, 4.69) is 30.1 Å². The molecule has 0 aliphatic carbocycles. The van der Waals surface area contributed by atoms with Gasteiger partial charge in [0.25, 0.3) is 5.56 Å². The zero-order chi connectivity index (χ0) is 14.4. The van der Waals surface area contributed by atoms with Crippen molar-refractivity contribution in [1.29, 1.82) is 0 Å². The van der Waals surface area contributed by atoms with E-state index in [0.29, 0.717) is 0 Å². The van der Waals surface area contributed by atoms with Gasteiger partial charge in [0.15, 0.2) is 0 Å². The van der Waals surface area contributed by atoms with Gasteiger partial charge in [0.2, 0.25) is 0 Å². The van der Waals surface area contributed by atoms with Crippen LogP contribution in [0.25, 0.3) is 11.1 Å². The van der Waals surface area contributed by atoms with E-state index in [0.717, 1.165) is 29.9 Å². The van der Waals surface area contributed by atoms with Crippen molar-refractivity contribution in [2.24, 2.45) is 7.05 Å². The van der Waals surface area contributed by atoms with Crippen molar-refractivity contribution < 1.29 is 0 Å². The number of pyridine rings is 1. The van der Waals surface area contributed by atoms with Crippen LogP contribution < -0.4 is 5.56 Å². The third-order valence-electron chi connectivity index (χ3n) is 4.29. The van der Waals surface area contributed by atoms with Crippen molar-refractivity contribution in [2.75, 3.05) is 7.05 Å². The summed E-state index contributed by atoms with van der Waals surface area (Å²) in [5.41, 5.74) is 7.08. The second-order valence-corrected chi connectivity index (χ2v) is 5.85. The summed E-state index contributed by atoms with van der Waals surface area (Å²) in [7, 11) is 3.98. The first kappa shape index (κ1) is 13.1. The molecular weight excluding hydrogens is 248 g/mol. The standard InChI is InChI=1S/C17H20N2O/c1-11-7-16(12(2)19(4)17(11)20)13-5-6-14-9-18(3)10-15(14)8-13/h5-8H,9-10H2,1-4H3. The van der Waals surface area contributed by atoms with Gasteiger partial charge >= 0.3 is 0 Å². The lowest BCUT2D eigenvalue weighted by atomic mass is 9.98. The van der Waals surface area contributed by atoms with Crippen LogP contribution in [0, 0.1) is 13.8 Å². The predicted octanol–water partition coefficient (Wildman–Crippen LogP) is 2.61. The van der Waals surface area contributed by atoms with Gasteiger partial charge in [0, 0.05) is 37.0 Å². The smallest absolute Gasteiger partial charge is 0.253 e. The molecule has 0 bridgehead atoms. The molecule has 0 saturated carbocycles. The van der Waals surface area contributed by atoms with Crippen LogP contribution in [0.4, 0.5) is 0 Å². The Morgan fingerprint density at radius 2 is 1.70 bits per heavy atom. The molecule has 0 radical (unpaired) electrons. The normalized spacial score (nSPS) is 14.6. The van der Waals surface area contributed by atoms with Gasteiger partial charge in [-0.05, 0) is 49.7 Å². The van der Waals surface area contributed by atoms with E-state index in [9.17, 15) is 4.79 Å². The number of fused-ring (bicyclic) bond motifs is 1. The molecule has 1 aromatic heterocycles. The van der Waals surface area contributed by atoms with Crippen LogP contribution in [-0.4, -0.2) is 16.5 Å². The summed E-state index contributed by atoms with van der Waals surface area (Å²) >= 11 is 0. The largest absolute Gasteiger partial charge is 0.315 e. The molecule has 1 aliphatic rings. The minimum Gasteiger partial charge on any atom is -0.315 e. The second-order valence-electron chi connectivity index (χ2n) is 5.85. The lowest BCUT2D eigenvalue weighted by Crippen LogP contribution is -2.21. The van der Waals surface area contributed by atoms with Crippen LogP contribution in [-0.2, 0) is 20.1 Å². The van der Waals surface area contributed by atoms with E-state index in [1.165, 1.54) is 16.7 Å². The second kappa shape index (κ2) is 4.60. The van der Waals surface area contributed by atoms with Gasteiger partial charge < -0.3 is 4.57 Å². The summed E-state index contributed by atoms with van der Waals surface area (Å²) in [6.45, 7) is 5.93. The quantitative estimate of drug-likeness (QED) is 0.794. The Morgan fingerprint density at radius 1 is 1.00 bits per heavy atom. The maximum Gasteiger partial charge on any atom is 0.253 e. The Balaban J connectivity index is 2.16. The van der Waals surface area contributed by atoms with Crippen LogP contribution in [0.15, 0.2) is 29.1 Å². The maximum atomic E-state index is 12.0. The highest BCUT2D eigenvalue weighted by Crippen LogP contribution is 2.29. The fourth-order valence-corrected chi connectivity index (χ4v) is 3.00. The molecule has 0 N–H and O–H groups in total. The first-order chi connectivity index (χ1) is 9.47. The van der Waals surface area contributed by atoms with E-state index in [-0.39, 0.29) is 5.56 Å². The van der Waals surface area contributed by atoms with Crippen molar-refractivity contribution >= 4 is 0 Å². The lowest BCUT2D eigenvalue weighted by Gasteiger charge is -2.13. The van der Waals surface area contributed by atoms with Gasteiger partial charge in [0.05, 0.1) is 0 Å². The molecule has 2 heterocycles. The number of aryl methyl sites for hydroxylation is 1. The van der Waals surface area contributed by atoms with Crippen LogP contribution >= 0.6 is 0 Å². The van der Waals surface area contributed by atoms with Gasteiger partial charge in [-0.3, -0.25) is 9.69 Å². The van der Waals surface area contributed by atoms with E-state index in [4.69, 9.17) is 0 Å². The Hall–Kier alpha value is -1.87. The lowest BCUT2D eigenvalue weighted by molar-refractivity contribution is 0.353. The first-order valence-electron chi connectivity index (χ1n) is 6.95. The molecule has 0 atom stereocenters. The van der Waals surface area contributed by atoms with Crippen molar-refractivity contribution in [3.63, 3.8) is 0 Å². The topological polar surface area (TPSA) is 25.2 Å². The average molecular weight is 268 g/mol. The molecule has 20 heavy (non-hydrogen) atoms. The van der Waals surface area contributed by atoms with Crippen molar-refractivity contribution in [3.05, 3.63) is 57.0 Å². The highest BCUT2D eigenvalue weighted by molar-refractivity contribution is 5.68. The van der Waals surface area contributed by atoms with E-state index >= 15 is 0 Å². The number of hydrogen-bond donors (Lipinski definition) is 0. The van der Waals surface area contributed by atoms with Crippen molar-refractivity contribution in [3.8, 4) is 11.1 Å². The predicted molar refractivity (Wildman–Crippen MR) is 81.8 cm³/mol. The van der Waals surface area contributed by atoms with Gasteiger partial charge in [-0.25, -0.2) is 0 Å². The van der Waals surface area contributed by atoms with Crippen molar-refractivity contribution in [2.45, 2.75) is 26.9 Å². The Morgan fingerprint density at radius 3 is 2.45 bits per heavy atom. The van der Waals surface area contributed by atoms with E-state index in [1.807, 2.05) is 27.0 Å². The number of hydrogen-bond acceptors (Lipinski definition) is 2. The Labute approximate surface area is 119 Å². The Kier molecular flexibility index (Phi) is 3.02. The molecule has 2 aromatic rings. The molecule has 1 aromatic carbocycles. The Bertz CT molecular complexity index is 743. The minimum atomic E-state index is 0.0899. The highest BCUT2D eigenvalue weighted by Gasteiger charge is 2.17. The van der Waals surface area contributed by atoms with E-state index in [1.54, 1.807) is 4.57 Å². The van der Waals surface area contributed by atoms with Gasteiger partial charge in [-0.15, -0.1) is 0 Å². The molecule has 0 unspecified atom stereocenters. The highest BCUT2D eigenvalue weighted by atomic mass is 16.1. The monoisotopic (exact) mass is 268 g/mol. The summed E-state index contributed by atoms with van der Waals surface area (Å²) in [5, 5.41) is 0. The molecule has 104 valence electrons. The molecule has 0 fully saturated rings. The minimum absolute atomic E-state index is 0.0899. The van der Waals surface area contributed by atoms with Crippen LogP contribution in [0.2, 0.25) is 0 Å². The zero-order valence-electron chi connectivity index (χ0n) is 12.5. The number of rotatable bonds is 1. The molecule has 3 nitrogen and oxygen atoms in total.